The van der Waals surface area contributed by atoms with Crippen LogP contribution in [0.15, 0.2) is 59.4 Å². The number of carbonyl (C=O) groups excluding carboxylic acids is 1. The smallest absolute Gasteiger partial charge is 0.268 e. The molecule has 2 N–H and O–H groups in total. The largest absolute Gasteiger partial charge is 0.497 e. The second-order valence-electron chi connectivity index (χ2n) is 6.66. The normalized spacial score (nSPS) is 14.8. The van der Waals surface area contributed by atoms with Crippen molar-refractivity contribution >= 4 is 16.7 Å². The first-order valence-corrected chi connectivity index (χ1v) is 8.72. The lowest BCUT2D eigenvalue weighted by Crippen LogP contribution is -2.31. The second kappa shape index (κ2) is 6.67. The zero-order chi connectivity index (χ0) is 18.1. The minimum atomic E-state index is -0.263. The summed E-state index contributed by atoms with van der Waals surface area (Å²) in [4.78, 5) is 27.7. The van der Waals surface area contributed by atoms with Crippen molar-refractivity contribution in [3.8, 4) is 5.75 Å². The Bertz CT molecular complexity index is 1000. The van der Waals surface area contributed by atoms with E-state index in [4.69, 9.17) is 4.74 Å². The molecule has 0 saturated heterocycles. The van der Waals surface area contributed by atoms with Crippen molar-refractivity contribution in [1.29, 1.82) is 0 Å². The van der Waals surface area contributed by atoms with E-state index in [9.17, 15) is 9.59 Å². The fourth-order valence-electron chi connectivity index (χ4n) is 3.27. The topological polar surface area (TPSA) is 71.2 Å². The van der Waals surface area contributed by atoms with Crippen LogP contribution in [0.5, 0.6) is 5.75 Å². The maximum absolute atomic E-state index is 12.8. The highest BCUT2D eigenvalue weighted by Crippen LogP contribution is 2.41. The Morgan fingerprint density at radius 2 is 1.88 bits per heavy atom. The Labute approximate surface area is 151 Å². The van der Waals surface area contributed by atoms with Gasteiger partial charge in [0.2, 0.25) is 0 Å². The molecule has 0 spiro atoms. The third-order valence-electron chi connectivity index (χ3n) is 4.85. The standard InChI is InChI=1S/C21H20N2O3/c1-26-16-10-8-14(9-11-16)19(13-6-7-13)23-21(25)18-12-15-4-2-3-5-17(15)20(24)22-18/h2-5,8-13,19H,6-7H2,1H3,(H,22,24)(H,23,25)/t19-/m0/s1. The van der Waals surface area contributed by atoms with Gasteiger partial charge >= 0.3 is 0 Å². The van der Waals surface area contributed by atoms with E-state index in [1.807, 2.05) is 42.5 Å². The molecule has 1 atom stereocenters. The zero-order valence-electron chi connectivity index (χ0n) is 14.5. The predicted molar refractivity (Wildman–Crippen MR) is 100 cm³/mol. The van der Waals surface area contributed by atoms with Gasteiger partial charge in [0.05, 0.1) is 13.2 Å². The highest BCUT2D eigenvalue weighted by atomic mass is 16.5. The summed E-state index contributed by atoms with van der Waals surface area (Å²) in [6, 6.07) is 16.7. The quantitative estimate of drug-likeness (QED) is 0.742. The molecule has 1 aliphatic carbocycles. The van der Waals surface area contributed by atoms with E-state index in [1.54, 1.807) is 19.2 Å². The van der Waals surface area contributed by atoms with E-state index in [0.29, 0.717) is 11.3 Å². The number of methoxy groups -OCH3 is 1. The Hall–Kier alpha value is -3.08. The monoisotopic (exact) mass is 348 g/mol. The summed E-state index contributed by atoms with van der Waals surface area (Å²) in [6.07, 6.45) is 2.18. The predicted octanol–water partition coefficient (Wildman–Crippen LogP) is 3.42. The second-order valence-corrected chi connectivity index (χ2v) is 6.66. The molecule has 0 radical (unpaired) electrons. The molecule has 5 heteroatoms. The molecule has 3 aromatic rings. The molecule has 1 saturated carbocycles. The fourth-order valence-corrected chi connectivity index (χ4v) is 3.27. The third kappa shape index (κ3) is 3.20. The Balaban J connectivity index is 1.61. The van der Waals surface area contributed by atoms with Gasteiger partial charge in [-0.1, -0.05) is 30.3 Å². The van der Waals surface area contributed by atoms with E-state index in [-0.39, 0.29) is 23.2 Å². The SMILES string of the molecule is COc1ccc([C@@H](NC(=O)c2cc3ccccc3c(=O)[nH]2)C2CC2)cc1. The van der Waals surface area contributed by atoms with Crippen LogP contribution in [0.4, 0.5) is 0 Å². The summed E-state index contributed by atoms with van der Waals surface area (Å²) in [6.45, 7) is 0. The van der Waals surface area contributed by atoms with Crippen LogP contribution in [-0.4, -0.2) is 18.0 Å². The van der Waals surface area contributed by atoms with Crippen molar-refractivity contribution in [2.45, 2.75) is 18.9 Å². The number of pyridine rings is 1. The number of aromatic nitrogens is 1. The molecule has 4 rings (SSSR count). The number of aromatic amines is 1. The van der Waals surface area contributed by atoms with Crippen molar-refractivity contribution in [3.63, 3.8) is 0 Å². The van der Waals surface area contributed by atoms with Gasteiger partial charge in [0.25, 0.3) is 11.5 Å². The highest BCUT2D eigenvalue weighted by Gasteiger charge is 2.33. The number of amides is 1. The molecule has 1 amide bonds. The molecule has 5 nitrogen and oxygen atoms in total. The number of carbonyl (C=O) groups is 1. The van der Waals surface area contributed by atoms with Crippen LogP contribution in [-0.2, 0) is 0 Å². The van der Waals surface area contributed by atoms with E-state index in [1.165, 1.54) is 0 Å². The lowest BCUT2D eigenvalue weighted by molar-refractivity contribution is 0.0926. The molecular weight excluding hydrogens is 328 g/mol. The number of benzene rings is 2. The number of H-pyrrole nitrogens is 1. The lowest BCUT2D eigenvalue weighted by Gasteiger charge is -2.19. The van der Waals surface area contributed by atoms with Gasteiger partial charge in [-0.2, -0.15) is 0 Å². The van der Waals surface area contributed by atoms with Crippen molar-refractivity contribution in [1.82, 2.24) is 10.3 Å². The number of nitrogens with one attached hydrogen (secondary N) is 2. The summed E-state index contributed by atoms with van der Waals surface area (Å²) in [7, 11) is 1.63. The number of hydrogen-bond acceptors (Lipinski definition) is 3. The molecule has 132 valence electrons. The molecule has 1 aliphatic rings. The van der Waals surface area contributed by atoms with Crippen LogP contribution < -0.4 is 15.6 Å². The summed E-state index contributed by atoms with van der Waals surface area (Å²) in [5.74, 6) is 0.952. The van der Waals surface area contributed by atoms with Crippen LogP contribution in [0.2, 0.25) is 0 Å². The molecule has 1 aromatic heterocycles. The van der Waals surface area contributed by atoms with Gasteiger partial charge in [-0.3, -0.25) is 9.59 Å². The average molecular weight is 348 g/mol. The maximum atomic E-state index is 12.8. The summed E-state index contributed by atoms with van der Waals surface area (Å²) in [5.41, 5.74) is 1.08. The number of ether oxygens (including phenoxy) is 1. The first-order chi connectivity index (χ1) is 12.7. The molecule has 1 fully saturated rings. The molecule has 0 bridgehead atoms. The Kier molecular flexibility index (Phi) is 4.21. The van der Waals surface area contributed by atoms with Crippen LogP contribution >= 0.6 is 0 Å². The van der Waals surface area contributed by atoms with Crippen molar-refractivity contribution < 1.29 is 9.53 Å². The zero-order valence-corrected chi connectivity index (χ0v) is 14.5. The average Bonchev–Trinajstić information content (AvgIpc) is 3.51. The van der Waals surface area contributed by atoms with Gasteiger partial charge in [-0.15, -0.1) is 0 Å². The molecule has 2 aromatic carbocycles. The van der Waals surface area contributed by atoms with Gasteiger partial charge in [-0.05, 0) is 54.0 Å². The molecular formula is C21H20N2O3. The molecule has 1 heterocycles. The minimum absolute atomic E-state index is 0.0663. The number of fused-ring (bicyclic) bond motifs is 1. The van der Waals surface area contributed by atoms with Gasteiger partial charge in [-0.25, -0.2) is 0 Å². The maximum Gasteiger partial charge on any atom is 0.268 e. The third-order valence-corrected chi connectivity index (χ3v) is 4.85. The number of rotatable bonds is 5. The van der Waals surface area contributed by atoms with Crippen molar-refractivity contribution in [2.24, 2.45) is 5.92 Å². The Morgan fingerprint density at radius 3 is 2.58 bits per heavy atom. The number of hydrogen-bond donors (Lipinski definition) is 2. The summed E-state index contributed by atoms with van der Waals surface area (Å²) >= 11 is 0. The first-order valence-electron chi connectivity index (χ1n) is 8.72. The van der Waals surface area contributed by atoms with E-state index < -0.39 is 0 Å². The summed E-state index contributed by atoms with van der Waals surface area (Å²) < 4.78 is 5.20. The van der Waals surface area contributed by atoms with E-state index in [0.717, 1.165) is 29.5 Å². The highest BCUT2D eigenvalue weighted by molar-refractivity contribution is 5.96. The van der Waals surface area contributed by atoms with Gasteiger partial charge in [0, 0.05) is 5.39 Å². The molecule has 0 unspecified atom stereocenters. The first kappa shape index (κ1) is 16.4. The molecule has 26 heavy (non-hydrogen) atoms. The van der Waals surface area contributed by atoms with Crippen LogP contribution in [0.3, 0.4) is 0 Å². The van der Waals surface area contributed by atoms with Crippen LogP contribution in [0, 0.1) is 5.92 Å². The van der Waals surface area contributed by atoms with E-state index in [2.05, 4.69) is 10.3 Å². The van der Waals surface area contributed by atoms with Crippen LogP contribution in [0.25, 0.3) is 10.8 Å². The van der Waals surface area contributed by atoms with Crippen molar-refractivity contribution in [2.75, 3.05) is 7.11 Å². The van der Waals surface area contributed by atoms with Gasteiger partial charge in [0.1, 0.15) is 11.4 Å². The minimum Gasteiger partial charge on any atom is -0.497 e. The van der Waals surface area contributed by atoms with Gasteiger partial charge < -0.3 is 15.0 Å². The fraction of sp³-hybridized carbons (Fsp3) is 0.238. The summed E-state index contributed by atoms with van der Waals surface area (Å²) in [5, 5.41) is 4.43. The van der Waals surface area contributed by atoms with Crippen molar-refractivity contribution in [3.05, 3.63) is 76.2 Å². The van der Waals surface area contributed by atoms with Crippen LogP contribution in [0.1, 0.15) is 34.9 Å². The van der Waals surface area contributed by atoms with Gasteiger partial charge in [0.15, 0.2) is 0 Å². The van der Waals surface area contributed by atoms with E-state index >= 15 is 0 Å². The Morgan fingerprint density at radius 1 is 1.15 bits per heavy atom. The lowest BCUT2D eigenvalue weighted by atomic mass is 10.0. The molecule has 0 aliphatic heterocycles.